The monoisotopic (exact) mass is 426 g/mol. The van der Waals surface area contributed by atoms with E-state index in [4.69, 9.17) is 5.73 Å². The summed E-state index contributed by atoms with van der Waals surface area (Å²) in [5.41, 5.74) is 9.98. The Kier molecular flexibility index (Phi) is 8.42. The number of rotatable bonds is 3. The van der Waals surface area contributed by atoms with Crippen molar-refractivity contribution in [1.29, 1.82) is 0 Å². The lowest BCUT2D eigenvalue weighted by Crippen LogP contribution is -2.43. The maximum Gasteiger partial charge on any atom is 0.141 e. The van der Waals surface area contributed by atoms with Crippen molar-refractivity contribution in [3.8, 4) is 0 Å². The van der Waals surface area contributed by atoms with Gasteiger partial charge in [0.25, 0.3) is 0 Å². The summed E-state index contributed by atoms with van der Waals surface area (Å²) in [4.78, 5) is 8.34. The van der Waals surface area contributed by atoms with Crippen LogP contribution in [0.4, 0.5) is 11.4 Å². The lowest BCUT2D eigenvalue weighted by Gasteiger charge is -2.36. The largest absolute Gasteiger partial charge is 0.383 e. The van der Waals surface area contributed by atoms with E-state index in [-0.39, 0.29) is 24.8 Å². The number of benzene rings is 1. The van der Waals surface area contributed by atoms with Crippen molar-refractivity contribution in [2.24, 2.45) is 10.7 Å². The fraction of sp³-hybridized carbons (Fsp3) is 0.450. The van der Waals surface area contributed by atoms with Gasteiger partial charge < -0.3 is 16.0 Å². The van der Waals surface area contributed by atoms with E-state index >= 15 is 0 Å². The highest BCUT2D eigenvalue weighted by molar-refractivity contribution is 7.12. The maximum absolute atomic E-state index is 6.17. The van der Waals surface area contributed by atoms with E-state index in [1.807, 2.05) is 17.5 Å². The van der Waals surface area contributed by atoms with Gasteiger partial charge in [0.2, 0.25) is 0 Å². The molecule has 3 heterocycles. The van der Waals surface area contributed by atoms with E-state index in [9.17, 15) is 0 Å². The molecule has 2 aliphatic rings. The summed E-state index contributed by atoms with van der Waals surface area (Å²) < 4.78 is 0. The lowest BCUT2D eigenvalue weighted by atomic mass is 10.0. The lowest BCUT2D eigenvalue weighted by molar-refractivity contribution is 0.428. The molecule has 1 fully saturated rings. The maximum atomic E-state index is 6.17. The Balaban J connectivity index is 0.00000131. The van der Waals surface area contributed by atoms with Crippen molar-refractivity contribution in [1.82, 2.24) is 5.32 Å². The molecule has 0 spiro atoms. The van der Waals surface area contributed by atoms with Crippen LogP contribution in [0.25, 0.3) is 0 Å². The van der Waals surface area contributed by atoms with Gasteiger partial charge in [-0.1, -0.05) is 6.07 Å². The van der Waals surface area contributed by atoms with Crippen LogP contribution in [-0.4, -0.2) is 31.5 Å². The molecule has 0 atom stereocenters. The third-order valence-electron chi connectivity index (χ3n) is 5.24. The zero-order chi connectivity index (χ0) is 17.1. The van der Waals surface area contributed by atoms with Crippen LogP contribution in [0.2, 0.25) is 0 Å². The highest BCUT2D eigenvalue weighted by atomic mass is 35.5. The number of halogens is 2. The van der Waals surface area contributed by atoms with Gasteiger partial charge in [0.1, 0.15) is 5.84 Å². The number of fused-ring (bicyclic) bond motifs is 1. The van der Waals surface area contributed by atoms with Crippen LogP contribution in [0, 0.1) is 0 Å². The molecule has 0 aliphatic carbocycles. The third kappa shape index (κ3) is 5.17. The predicted octanol–water partition coefficient (Wildman–Crippen LogP) is 4.52. The zero-order valence-corrected chi connectivity index (χ0v) is 17.8. The van der Waals surface area contributed by atoms with Gasteiger partial charge in [0, 0.05) is 18.3 Å². The standard InChI is InChI=1S/C20H26N4S.2ClH/c21-20(19-5-3-13-25-19)23-16-6-7-18-15(14-16)4-1-2-12-24(18)17-8-10-22-11-9-17;;/h3,5-7,13-14,17,22H,1-2,4,8-12H2,(H2,21,23);2*1H. The Hall–Kier alpha value is -1.27. The molecule has 4 nitrogen and oxygen atoms in total. The van der Waals surface area contributed by atoms with E-state index in [1.54, 1.807) is 11.3 Å². The van der Waals surface area contributed by atoms with Gasteiger partial charge in [-0.25, -0.2) is 4.99 Å². The number of piperidine rings is 1. The average molecular weight is 427 g/mol. The molecule has 2 aromatic rings. The minimum absolute atomic E-state index is 0. The molecule has 0 bridgehead atoms. The molecule has 2 aliphatic heterocycles. The summed E-state index contributed by atoms with van der Waals surface area (Å²) in [5, 5.41) is 5.51. The van der Waals surface area contributed by atoms with Crippen LogP contribution >= 0.6 is 36.2 Å². The Morgan fingerprint density at radius 1 is 1.15 bits per heavy atom. The fourth-order valence-electron chi connectivity index (χ4n) is 3.96. The van der Waals surface area contributed by atoms with Gasteiger partial charge in [-0.2, -0.15) is 0 Å². The number of nitrogens with one attached hydrogen (secondary N) is 1. The number of nitrogens with zero attached hydrogens (tertiary/aromatic N) is 2. The molecule has 1 aromatic carbocycles. The van der Waals surface area contributed by atoms with Gasteiger partial charge >= 0.3 is 0 Å². The number of aliphatic imine (C=N–C) groups is 1. The second kappa shape index (κ2) is 10.3. The zero-order valence-electron chi connectivity index (χ0n) is 15.4. The Bertz CT molecular complexity index is 742. The second-order valence-corrected chi connectivity index (χ2v) is 7.87. The topological polar surface area (TPSA) is 53.6 Å². The molecule has 1 aromatic heterocycles. The molecule has 0 radical (unpaired) electrons. The molecule has 148 valence electrons. The molecule has 0 amide bonds. The molecular formula is C20H28Cl2N4S. The van der Waals surface area contributed by atoms with Gasteiger partial charge in [0.05, 0.1) is 10.6 Å². The van der Waals surface area contributed by atoms with Crippen LogP contribution in [0.1, 0.15) is 36.1 Å². The molecular weight excluding hydrogens is 399 g/mol. The van der Waals surface area contributed by atoms with Gasteiger partial charge in [-0.15, -0.1) is 36.2 Å². The number of nitrogens with two attached hydrogens (primary N) is 1. The second-order valence-electron chi connectivity index (χ2n) is 6.92. The van der Waals surface area contributed by atoms with E-state index < -0.39 is 0 Å². The first kappa shape index (κ1) is 22.0. The van der Waals surface area contributed by atoms with Crippen LogP contribution in [-0.2, 0) is 6.42 Å². The normalized spacial score (nSPS) is 18.1. The highest BCUT2D eigenvalue weighted by Crippen LogP contribution is 2.33. The first-order valence-corrected chi connectivity index (χ1v) is 10.2. The Morgan fingerprint density at radius 2 is 1.96 bits per heavy atom. The minimum atomic E-state index is 0. The van der Waals surface area contributed by atoms with Gasteiger partial charge in [-0.05, 0) is 80.4 Å². The van der Waals surface area contributed by atoms with E-state index in [1.165, 1.54) is 43.5 Å². The first-order valence-electron chi connectivity index (χ1n) is 9.29. The van der Waals surface area contributed by atoms with Crippen LogP contribution < -0.4 is 16.0 Å². The summed E-state index contributed by atoms with van der Waals surface area (Å²) in [6.45, 7) is 3.45. The van der Waals surface area contributed by atoms with Crippen molar-refractivity contribution in [2.75, 3.05) is 24.5 Å². The molecule has 0 unspecified atom stereocenters. The molecule has 7 heteroatoms. The van der Waals surface area contributed by atoms with Gasteiger partial charge in [-0.3, -0.25) is 0 Å². The summed E-state index contributed by atoms with van der Waals surface area (Å²) in [6, 6.07) is 11.3. The number of anilines is 1. The molecule has 1 saturated heterocycles. The smallest absolute Gasteiger partial charge is 0.141 e. The van der Waals surface area contributed by atoms with Crippen molar-refractivity contribution < 1.29 is 0 Å². The minimum Gasteiger partial charge on any atom is -0.383 e. The quantitative estimate of drug-likeness (QED) is 0.559. The van der Waals surface area contributed by atoms with Crippen molar-refractivity contribution in [2.45, 2.75) is 38.1 Å². The molecule has 27 heavy (non-hydrogen) atoms. The van der Waals surface area contributed by atoms with Crippen LogP contribution in [0.15, 0.2) is 40.7 Å². The van der Waals surface area contributed by atoms with E-state index in [2.05, 4.69) is 33.4 Å². The number of hydrogen-bond acceptors (Lipinski definition) is 4. The summed E-state index contributed by atoms with van der Waals surface area (Å²) in [5.74, 6) is 0.610. The number of aryl methyl sites for hydroxylation is 1. The Morgan fingerprint density at radius 3 is 2.70 bits per heavy atom. The molecule has 0 saturated carbocycles. The molecule has 3 N–H and O–H groups in total. The number of thiophene rings is 1. The summed E-state index contributed by atoms with van der Waals surface area (Å²) in [7, 11) is 0. The molecule has 4 rings (SSSR count). The van der Waals surface area contributed by atoms with Crippen molar-refractivity contribution >= 4 is 53.4 Å². The van der Waals surface area contributed by atoms with Crippen molar-refractivity contribution in [3.05, 3.63) is 46.2 Å². The van der Waals surface area contributed by atoms with E-state index in [0.29, 0.717) is 11.9 Å². The van der Waals surface area contributed by atoms with E-state index in [0.717, 1.165) is 30.1 Å². The highest BCUT2D eigenvalue weighted by Gasteiger charge is 2.24. The van der Waals surface area contributed by atoms with Crippen LogP contribution in [0.3, 0.4) is 0 Å². The predicted molar refractivity (Wildman–Crippen MR) is 122 cm³/mol. The van der Waals surface area contributed by atoms with Crippen molar-refractivity contribution in [3.63, 3.8) is 0 Å². The SMILES string of the molecule is Cl.Cl.NC(=Nc1ccc2c(c1)CCCCN2C1CCNCC1)c1cccs1. The summed E-state index contributed by atoms with van der Waals surface area (Å²) in [6.07, 6.45) is 6.14. The first-order chi connectivity index (χ1) is 12.3. The number of amidine groups is 1. The van der Waals surface area contributed by atoms with Gasteiger partial charge in [0.15, 0.2) is 0 Å². The third-order valence-corrected chi connectivity index (χ3v) is 6.13. The Labute approximate surface area is 178 Å². The fourth-order valence-corrected chi connectivity index (χ4v) is 4.58. The van der Waals surface area contributed by atoms with Crippen LogP contribution in [0.5, 0.6) is 0 Å². The summed E-state index contributed by atoms with van der Waals surface area (Å²) >= 11 is 1.63. The average Bonchev–Trinajstić information content (AvgIpc) is 3.10. The number of hydrogen-bond donors (Lipinski definition) is 2.